The van der Waals surface area contributed by atoms with Crippen LogP contribution >= 0.6 is 39.9 Å². The fraction of sp³-hybridized carbons (Fsp3) is 0.0526. The molecule has 0 aromatic heterocycles. The molecule has 126 valence electrons. The summed E-state index contributed by atoms with van der Waals surface area (Å²) in [4.78, 5) is 14.9. The number of rotatable bonds is 5. The van der Waals surface area contributed by atoms with Crippen LogP contribution in [0.1, 0.15) is 5.56 Å². The summed E-state index contributed by atoms with van der Waals surface area (Å²) < 4.78 is 6.81. The van der Waals surface area contributed by atoms with Crippen molar-refractivity contribution in [1.82, 2.24) is 0 Å². The fourth-order valence-corrected chi connectivity index (χ4v) is 4.02. The molecule has 1 fully saturated rings. The van der Waals surface area contributed by atoms with Gasteiger partial charge in [-0.1, -0.05) is 60.9 Å². The SMILES string of the molecule is C=CCOc1ccc(/C=C2\SC(=S)N(c3ccccc3Br)C2=O)cc1. The van der Waals surface area contributed by atoms with Gasteiger partial charge in [-0.05, 0) is 51.8 Å². The minimum atomic E-state index is -0.117. The third-order valence-corrected chi connectivity index (χ3v) is 5.41. The minimum Gasteiger partial charge on any atom is -0.490 e. The molecule has 0 atom stereocenters. The molecule has 1 amide bonds. The highest BCUT2D eigenvalue weighted by Gasteiger charge is 2.34. The van der Waals surface area contributed by atoms with Crippen LogP contribution in [0.15, 0.2) is 70.6 Å². The van der Waals surface area contributed by atoms with Crippen molar-refractivity contribution in [1.29, 1.82) is 0 Å². The predicted octanol–water partition coefficient (Wildman–Crippen LogP) is 5.42. The van der Waals surface area contributed by atoms with Crippen molar-refractivity contribution in [3.05, 3.63) is 76.1 Å². The van der Waals surface area contributed by atoms with Gasteiger partial charge in [-0.25, -0.2) is 0 Å². The van der Waals surface area contributed by atoms with Crippen molar-refractivity contribution in [3.63, 3.8) is 0 Å². The number of halogens is 1. The van der Waals surface area contributed by atoms with Gasteiger partial charge in [-0.2, -0.15) is 0 Å². The Kier molecular flexibility index (Phi) is 5.73. The summed E-state index contributed by atoms with van der Waals surface area (Å²) in [7, 11) is 0. The molecule has 3 nitrogen and oxygen atoms in total. The number of hydrogen-bond acceptors (Lipinski definition) is 4. The fourth-order valence-electron chi connectivity index (χ4n) is 2.28. The lowest BCUT2D eigenvalue weighted by Crippen LogP contribution is -2.27. The van der Waals surface area contributed by atoms with E-state index in [0.717, 1.165) is 21.5 Å². The molecule has 0 spiro atoms. The van der Waals surface area contributed by atoms with E-state index in [1.165, 1.54) is 11.8 Å². The van der Waals surface area contributed by atoms with Crippen LogP contribution in [-0.2, 0) is 4.79 Å². The lowest BCUT2D eigenvalue weighted by molar-refractivity contribution is -0.113. The molecule has 1 aliphatic heterocycles. The normalized spacial score (nSPS) is 15.7. The molecule has 0 bridgehead atoms. The van der Waals surface area contributed by atoms with Gasteiger partial charge < -0.3 is 4.74 Å². The van der Waals surface area contributed by atoms with E-state index in [1.54, 1.807) is 11.0 Å². The number of anilines is 1. The Hall–Kier alpha value is -1.89. The van der Waals surface area contributed by atoms with Crippen molar-refractivity contribution in [2.24, 2.45) is 0 Å². The van der Waals surface area contributed by atoms with Gasteiger partial charge in [0.15, 0.2) is 4.32 Å². The Bertz CT molecular complexity index is 862. The van der Waals surface area contributed by atoms with Crippen molar-refractivity contribution < 1.29 is 9.53 Å². The Balaban J connectivity index is 1.83. The second kappa shape index (κ2) is 7.99. The van der Waals surface area contributed by atoms with E-state index < -0.39 is 0 Å². The summed E-state index contributed by atoms with van der Waals surface area (Å²) in [6.07, 6.45) is 3.54. The molecule has 2 aromatic carbocycles. The van der Waals surface area contributed by atoms with Crippen LogP contribution in [0.2, 0.25) is 0 Å². The zero-order valence-electron chi connectivity index (χ0n) is 13.1. The van der Waals surface area contributed by atoms with Crippen LogP contribution in [0.3, 0.4) is 0 Å². The summed E-state index contributed by atoms with van der Waals surface area (Å²) in [6, 6.07) is 15.1. The minimum absolute atomic E-state index is 0.117. The molecule has 0 unspecified atom stereocenters. The molecule has 2 aromatic rings. The van der Waals surface area contributed by atoms with Crippen molar-refractivity contribution in [2.45, 2.75) is 0 Å². The average molecular weight is 432 g/mol. The number of hydrogen-bond donors (Lipinski definition) is 0. The van der Waals surface area contributed by atoms with Crippen LogP contribution in [-0.4, -0.2) is 16.8 Å². The average Bonchev–Trinajstić information content (AvgIpc) is 2.89. The highest BCUT2D eigenvalue weighted by atomic mass is 79.9. The highest BCUT2D eigenvalue weighted by molar-refractivity contribution is 9.10. The van der Waals surface area contributed by atoms with Crippen LogP contribution in [0, 0.1) is 0 Å². The number of benzene rings is 2. The molecule has 0 N–H and O–H groups in total. The Morgan fingerprint density at radius 3 is 2.60 bits per heavy atom. The number of thioether (sulfide) groups is 1. The third kappa shape index (κ3) is 4.03. The van der Waals surface area contributed by atoms with Crippen LogP contribution in [0.4, 0.5) is 5.69 Å². The first kappa shape index (κ1) is 17.9. The molecule has 3 rings (SSSR count). The highest BCUT2D eigenvalue weighted by Crippen LogP contribution is 2.38. The Morgan fingerprint density at radius 1 is 1.20 bits per heavy atom. The largest absolute Gasteiger partial charge is 0.490 e. The van der Waals surface area contributed by atoms with E-state index in [0.29, 0.717) is 15.8 Å². The van der Waals surface area contributed by atoms with E-state index >= 15 is 0 Å². The number of amides is 1. The molecule has 0 radical (unpaired) electrons. The van der Waals surface area contributed by atoms with Gasteiger partial charge in [0.25, 0.3) is 5.91 Å². The summed E-state index contributed by atoms with van der Waals surface area (Å²) >= 11 is 10.2. The maximum Gasteiger partial charge on any atom is 0.270 e. The van der Waals surface area contributed by atoms with Crippen LogP contribution in [0.5, 0.6) is 5.75 Å². The molecular formula is C19H14BrNO2S2. The molecule has 6 heteroatoms. The first-order valence-electron chi connectivity index (χ1n) is 7.46. The first-order valence-corrected chi connectivity index (χ1v) is 9.48. The standard InChI is InChI=1S/C19H14BrNO2S2/c1-2-11-23-14-9-7-13(8-10-14)12-17-18(22)21(19(24)25-17)16-6-4-3-5-15(16)20/h2-10,12H,1,11H2/b17-12-. The first-order chi connectivity index (χ1) is 12.1. The monoisotopic (exact) mass is 431 g/mol. The zero-order chi connectivity index (χ0) is 17.8. The zero-order valence-corrected chi connectivity index (χ0v) is 16.4. The lowest BCUT2D eigenvalue weighted by Gasteiger charge is -2.15. The quantitative estimate of drug-likeness (QED) is 0.359. The van der Waals surface area contributed by atoms with Gasteiger partial charge >= 0.3 is 0 Å². The van der Waals surface area contributed by atoms with Gasteiger partial charge in [0.05, 0.1) is 10.6 Å². The summed E-state index contributed by atoms with van der Waals surface area (Å²) in [5, 5.41) is 0. The van der Waals surface area contributed by atoms with Crippen molar-refractivity contribution >= 4 is 61.9 Å². The summed E-state index contributed by atoms with van der Waals surface area (Å²) in [5.41, 5.74) is 1.67. The van der Waals surface area contributed by atoms with E-state index in [-0.39, 0.29) is 5.91 Å². The molecular weight excluding hydrogens is 418 g/mol. The maximum atomic E-state index is 12.8. The number of nitrogens with zero attached hydrogens (tertiary/aromatic N) is 1. The molecule has 0 saturated carbocycles. The number of para-hydroxylation sites is 1. The van der Waals surface area contributed by atoms with Gasteiger partial charge in [-0.3, -0.25) is 9.69 Å². The van der Waals surface area contributed by atoms with Gasteiger partial charge in [0.1, 0.15) is 12.4 Å². The smallest absolute Gasteiger partial charge is 0.270 e. The molecule has 1 heterocycles. The second-order valence-electron chi connectivity index (χ2n) is 5.14. The van der Waals surface area contributed by atoms with Crippen molar-refractivity contribution in [2.75, 3.05) is 11.5 Å². The van der Waals surface area contributed by atoms with E-state index in [4.69, 9.17) is 17.0 Å². The summed E-state index contributed by atoms with van der Waals surface area (Å²) in [5.74, 6) is 0.645. The third-order valence-electron chi connectivity index (χ3n) is 3.43. The maximum absolute atomic E-state index is 12.8. The predicted molar refractivity (Wildman–Crippen MR) is 112 cm³/mol. The number of thiocarbonyl (C=S) groups is 1. The molecule has 0 aliphatic carbocycles. The van der Waals surface area contributed by atoms with E-state index in [2.05, 4.69) is 22.5 Å². The Morgan fingerprint density at radius 2 is 1.92 bits per heavy atom. The number of carbonyl (C=O) groups is 1. The van der Waals surface area contributed by atoms with E-state index in [9.17, 15) is 4.79 Å². The number of carbonyl (C=O) groups excluding carboxylic acids is 1. The Labute approximate surface area is 164 Å². The van der Waals surface area contributed by atoms with Gasteiger partial charge in [0, 0.05) is 4.47 Å². The lowest BCUT2D eigenvalue weighted by atomic mass is 10.2. The van der Waals surface area contributed by atoms with Gasteiger partial charge in [0.2, 0.25) is 0 Å². The second-order valence-corrected chi connectivity index (χ2v) is 7.67. The molecule has 1 saturated heterocycles. The van der Waals surface area contributed by atoms with Crippen LogP contribution < -0.4 is 9.64 Å². The van der Waals surface area contributed by atoms with Crippen LogP contribution in [0.25, 0.3) is 6.08 Å². The van der Waals surface area contributed by atoms with Gasteiger partial charge in [-0.15, -0.1) is 0 Å². The molecule has 25 heavy (non-hydrogen) atoms. The van der Waals surface area contributed by atoms with Crippen molar-refractivity contribution in [3.8, 4) is 5.75 Å². The summed E-state index contributed by atoms with van der Waals surface area (Å²) in [6.45, 7) is 4.08. The topological polar surface area (TPSA) is 29.5 Å². The number of ether oxygens (including phenoxy) is 1. The molecule has 1 aliphatic rings. The van der Waals surface area contributed by atoms with E-state index in [1.807, 2.05) is 54.6 Å².